The van der Waals surface area contributed by atoms with Crippen molar-refractivity contribution in [2.75, 3.05) is 13.7 Å². The van der Waals surface area contributed by atoms with E-state index in [1.54, 1.807) is 29.9 Å². The van der Waals surface area contributed by atoms with Gasteiger partial charge in [0.2, 0.25) is 5.88 Å². The Hall–Kier alpha value is -3.82. The summed E-state index contributed by atoms with van der Waals surface area (Å²) in [6.45, 7) is 5.74. The average molecular weight is 424 g/mol. The molecule has 0 spiro atoms. The van der Waals surface area contributed by atoms with E-state index < -0.39 is 12.0 Å². The third-order valence-electron chi connectivity index (χ3n) is 4.86. The molecule has 4 aromatic rings. The summed E-state index contributed by atoms with van der Waals surface area (Å²) in [5, 5.41) is 8.55. The van der Waals surface area contributed by atoms with E-state index in [-0.39, 0.29) is 29.8 Å². The molecule has 9 nitrogen and oxygen atoms in total. The monoisotopic (exact) mass is 424 g/mol. The van der Waals surface area contributed by atoms with Crippen molar-refractivity contribution in [3.63, 3.8) is 0 Å². The highest BCUT2D eigenvalue weighted by atomic mass is 19.1. The number of nitrogens with zero attached hydrogens (tertiary/aromatic N) is 6. The predicted molar refractivity (Wildman–Crippen MR) is 110 cm³/mol. The lowest BCUT2D eigenvalue weighted by molar-refractivity contribution is 0.0526. The largest absolute Gasteiger partial charge is 0.479 e. The zero-order chi connectivity index (χ0) is 22.1. The molecular formula is C21H21FN6O3. The molecule has 0 bridgehead atoms. The number of carbonyl (C=O) groups excluding carboxylic acids is 1. The Kier molecular flexibility index (Phi) is 5.37. The van der Waals surface area contributed by atoms with Crippen LogP contribution in [0.25, 0.3) is 17.0 Å². The third kappa shape index (κ3) is 3.72. The average Bonchev–Trinajstić information content (AvgIpc) is 3.42. The molecule has 0 aliphatic rings. The molecule has 1 atom stereocenters. The van der Waals surface area contributed by atoms with E-state index in [0.717, 1.165) is 5.56 Å². The molecule has 10 heteroatoms. The minimum Gasteiger partial charge on any atom is -0.479 e. The van der Waals surface area contributed by atoms with E-state index in [4.69, 9.17) is 9.47 Å². The molecule has 31 heavy (non-hydrogen) atoms. The maximum absolute atomic E-state index is 14.4. The van der Waals surface area contributed by atoms with Crippen LogP contribution in [0.2, 0.25) is 0 Å². The summed E-state index contributed by atoms with van der Waals surface area (Å²) in [6, 6.07) is 4.53. The molecular weight excluding hydrogens is 403 g/mol. The Morgan fingerprint density at radius 1 is 1.23 bits per heavy atom. The number of aryl methyl sites for hydroxylation is 1. The van der Waals surface area contributed by atoms with Crippen molar-refractivity contribution in [2.45, 2.75) is 26.8 Å². The van der Waals surface area contributed by atoms with E-state index in [1.807, 2.05) is 13.8 Å². The zero-order valence-corrected chi connectivity index (χ0v) is 17.5. The van der Waals surface area contributed by atoms with Gasteiger partial charge in [0, 0.05) is 11.8 Å². The Bertz CT molecular complexity index is 1270. The van der Waals surface area contributed by atoms with Crippen molar-refractivity contribution in [3.05, 3.63) is 59.3 Å². The molecule has 0 amide bonds. The fourth-order valence-electron chi connectivity index (χ4n) is 3.32. The number of carbonyl (C=O) groups is 1. The number of rotatable bonds is 6. The minimum absolute atomic E-state index is 0.203. The summed E-state index contributed by atoms with van der Waals surface area (Å²) in [5.41, 5.74) is 2.75. The first-order valence-corrected chi connectivity index (χ1v) is 9.70. The van der Waals surface area contributed by atoms with Gasteiger partial charge in [-0.25, -0.2) is 18.9 Å². The Balaban J connectivity index is 1.77. The Labute approximate surface area is 177 Å². The number of hydrogen-bond acceptors (Lipinski definition) is 7. The summed E-state index contributed by atoms with van der Waals surface area (Å²) in [5.74, 6) is -0.343. The van der Waals surface area contributed by atoms with Crippen LogP contribution in [-0.4, -0.2) is 49.2 Å². The van der Waals surface area contributed by atoms with Crippen LogP contribution in [-0.2, 0) is 4.74 Å². The van der Waals surface area contributed by atoms with Crippen molar-refractivity contribution < 1.29 is 18.7 Å². The maximum Gasteiger partial charge on any atom is 0.341 e. The molecule has 0 N–H and O–H groups in total. The number of hydrogen-bond donors (Lipinski definition) is 0. The number of methoxy groups -OCH3 is 1. The fourth-order valence-corrected chi connectivity index (χ4v) is 3.32. The van der Waals surface area contributed by atoms with Crippen molar-refractivity contribution in [2.24, 2.45) is 0 Å². The van der Waals surface area contributed by atoms with Gasteiger partial charge >= 0.3 is 5.97 Å². The van der Waals surface area contributed by atoms with E-state index in [1.165, 1.54) is 30.3 Å². The topological polar surface area (TPSA) is 97.0 Å². The quantitative estimate of drug-likeness (QED) is 0.438. The summed E-state index contributed by atoms with van der Waals surface area (Å²) in [4.78, 5) is 20.8. The summed E-state index contributed by atoms with van der Waals surface area (Å²) < 4.78 is 27.9. The minimum atomic E-state index is -0.483. The van der Waals surface area contributed by atoms with Gasteiger partial charge < -0.3 is 9.47 Å². The van der Waals surface area contributed by atoms with Crippen molar-refractivity contribution in [3.8, 4) is 11.8 Å². The Morgan fingerprint density at radius 2 is 2.03 bits per heavy atom. The number of halogens is 1. The zero-order valence-electron chi connectivity index (χ0n) is 17.5. The second-order valence-corrected chi connectivity index (χ2v) is 6.95. The van der Waals surface area contributed by atoms with Crippen LogP contribution in [0.15, 0.2) is 36.8 Å². The molecule has 3 aromatic heterocycles. The highest BCUT2D eigenvalue weighted by Crippen LogP contribution is 2.30. The molecule has 4 rings (SSSR count). The van der Waals surface area contributed by atoms with Gasteiger partial charge in [0.15, 0.2) is 0 Å². The molecule has 0 saturated heterocycles. The maximum atomic E-state index is 14.4. The molecule has 0 aliphatic heterocycles. The van der Waals surface area contributed by atoms with Gasteiger partial charge in [-0.1, -0.05) is 17.7 Å². The van der Waals surface area contributed by atoms with Gasteiger partial charge in [0.05, 0.1) is 37.7 Å². The van der Waals surface area contributed by atoms with Crippen molar-refractivity contribution >= 4 is 17.0 Å². The molecule has 0 fully saturated rings. The van der Waals surface area contributed by atoms with E-state index in [0.29, 0.717) is 16.6 Å². The standard InChI is InChI=1S/C21H21FN6O3/c1-5-31-20(29)14-9-23-27(11-14)21-25-17-10-24-28(18(17)19(26-21)30-4)13(3)15-8-12(2)6-7-16(15)22/h6-11,13H,5H2,1-4H3. The van der Waals surface area contributed by atoms with E-state index >= 15 is 0 Å². The van der Waals surface area contributed by atoms with Crippen LogP contribution < -0.4 is 4.74 Å². The lowest BCUT2D eigenvalue weighted by atomic mass is 10.1. The number of aromatic nitrogens is 6. The highest BCUT2D eigenvalue weighted by molar-refractivity contribution is 5.88. The van der Waals surface area contributed by atoms with Crippen molar-refractivity contribution in [1.82, 2.24) is 29.5 Å². The summed E-state index contributed by atoms with van der Waals surface area (Å²) in [7, 11) is 1.48. The Morgan fingerprint density at radius 3 is 2.77 bits per heavy atom. The second kappa shape index (κ2) is 8.13. The van der Waals surface area contributed by atoms with Crippen LogP contribution in [0.3, 0.4) is 0 Å². The molecule has 3 heterocycles. The fraction of sp³-hybridized carbons (Fsp3) is 0.286. The SMILES string of the molecule is CCOC(=O)c1cnn(-c2nc(OC)c3c(cnn3C(C)c3cc(C)ccc3F)n2)c1. The molecule has 0 radical (unpaired) electrons. The summed E-state index contributed by atoms with van der Waals surface area (Å²) in [6.07, 6.45) is 4.42. The van der Waals surface area contributed by atoms with Gasteiger partial charge in [-0.2, -0.15) is 15.2 Å². The normalized spacial score (nSPS) is 12.2. The molecule has 0 saturated carbocycles. The first kappa shape index (κ1) is 20.5. The first-order chi connectivity index (χ1) is 14.9. The van der Waals surface area contributed by atoms with Gasteiger partial charge in [0.1, 0.15) is 16.9 Å². The van der Waals surface area contributed by atoms with Crippen molar-refractivity contribution in [1.29, 1.82) is 0 Å². The highest BCUT2D eigenvalue weighted by Gasteiger charge is 2.22. The van der Waals surface area contributed by atoms with E-state index in [2.05, 4.69) is 20.2 Å². The van der Waals surface area contributed by atoms with Crippen LogP contribution in [0.1, 0.15) is 41.4 Å². The first-order valence-electron chi connectivity index (χ1n) is 9.70. The van der Waals surface area contributed by atoms with E-state index in [9.17, 15) is 9.18 Å². The van der Waals surface area contributed by atoms with Crippen LogP contribution in [0.5, 0.6) is 5.88 Å². The van der Waals surface area contributed by atoms with Gasteiger partial charge in [-0.05, 0) is 26.8 Å². The van der Waals surface area contributed by atoms with Gasteiger partial charge in [-0.3, -0.25) is 4.68 Å². The number of fused-ring (bicyclic) bond motifs is 1. The van der Waals surface area contributed by atoms with Gasteiger partial charge in [-0.15, -0.1) is 0 Å². The molecule has 1 aromatic carbocycles. The lowest BCUT2D eigenvalue weighted by Gasteiger charge is -2.16. The predicted octanol–water partition coefficient (Wildman–Crippen LogP) is 3.25. The number of ether oxygens (including phenoxy) is 2. The van der Waals surface area contributed by atoms with Crippen LogP contribution in [0, 0.1) is 12.7 Å². The smallest absolute Gasteiger partial charge is 0.341 e. The van der Waals surface area contributed by atoms with Gasteiger partial charge in [0.25, 0.3) is 5.95 Å². The second-order valence-electron chi connectivity index (χ2n) is 6.95. The third-order valence-corrected chi connectivity index (χ3v) is 4.86. The molecule has 160 valence electrons. The number of esters is 1. The number of benzene rings is 1. The molecule has 0 aliphatic carbocycles. The molecule has 1 unspecified atom stereocenters. The van der Waals surface area contributed by atoms with Crippen LogP contribution in [0.4, 0.5) is 4.39 Å². The lowest BCUT2D eigenvalue weighted by Crippen LogP contribution is -2.12. The summed E-state index contributed by atoms with van der Waals surface area (Å²) >= 11 is 0. The van der Waals surface area contributed by atoms with Crippen LogP contribution >= 0.6 is 0 Å².